The van der Waals surface area contributed by atoms with Gasteiger partial charge in [-0.15, -0.1) is 23.1 Å². The molecule has 0 spiro atoms. The van der Waals surface area contributed by atoms with Gasteiger partial charge in [-0.2, -0.15) is 0 Å². The minimum atomic E-state index is -0.338. The number of aliphatic hydroxyl groups is 1. The largest absolute Gasteiger partial charge is 0.393 e. The van der Waals surface area contributed by atoms with Crippen molar-refractivity contribution in [3.63, 3.8) is 0 Å². The predicted molar refractivity (Wildman–Crippen MR) is 86.3 cm³/mol. The highest BCUT2D eigenvalue weighted by atomic mass is 32.2. The second kappa shape index (κ2) is 6.50. The molecule has 0 aromatic carbocycles. The second-order valence-electron chi connectivity index (χ2n) is 6.24. The van der Waals surface area contributed by atoms with E-state index in [4.69, 9.17) is 0 Å². The Labute approximate surface area is 129 Å². The summed E-state index contributed by atoms with van der Waals surface area (Å²) in [4.78, 5) is 13.8. The Hall–Kier alpha value is -0.520. The molecule has 112 valence electrons. The lowest BCUT2D eigenvalue weighted by Crippen LogP contribution is -2.38. The monoisotopic (exact) mass is 313 g/mol. The molecule has 1 aliphatic rings. The molecule has 0 fully saturated rings. The topological polar surface area (TPSA) is 49.3 Å². The molecule has 1 aromatic rings. The van der Waals surface area contributed by atoms with Gasteiger partial charge in [-0.05, 0) is 47.9 Å². The van der Waals surface area contributed by atoms with Crippen molar-refractivity contribution in [1.29, 1.82) is 0 Å². The van der Waals surface area contributed by atoms with Gasteiger partial charge in [-0.25, -0.2) is 0 Å². The first kappa shape index (κ1) is 15.9. The lowest BCUT2D eigenvalue weighted by Gasteiger charge is -2.28. The van der Waals surface area contributed by atoms with E-state index >= 15 is 0 Å². The number of carbonyl (C=O) groups excluding carboxylic acids is 1. The molecule has 2 atom stereocenters. The van der Waals surface area contributed by atoms with E-state index < -0.39 is 0 Å². The summed E-state index contributed by atoms with van der Waals surface area (Å²) in [6.45, 7) is 6.54. The Morgan fingerprint density at radius 1 is 1.60 bits per heavy atom. The zero-order valence-corrected chi connectivity index (χ0v) is 13.9. The van der Waals surface area contributed by atoms with Gasteiger partial charge in [0.25, 0.3) is 0 Å². The standard InChI is InChI=1S/C15H23NO2S2/c1-10(17)8-15(2,3)9-16-14(18)13-11-4-6-19-12(11)5-7-20-13/h4,6,10,13,17H,5,7-9H2,1-3H3,(H,16,18). The molecule has 0 radical (unpaired) electrons. The van der Waals surface area contributed by atoms with Gasteiger partial charge in [0.05, 0.1) is 6.10 Å². The summed E-state index contributed by atoms with van der Waals surface area (Å²) in [7, 11) is 0. The first-order valence-corrected chi connectivity index (χ1v) is 8.95. The van der Waals surface area contributed by atoms with Crippen LogP contribution in [-0.4, -0.2) is 29.4 Å². The third kappa shape index (κ3) is 3.99. The zero-order chi connectivity index (χ0) is 14.8. The molecule has 1 aliphatic heterocycles. The fraction of sp³-hybridized carbons (Fsp3) is 0.667. The highest BCUT2D eigenvalue weighted by molar-refractivity contribution is 8.00. The number of rotatable bonds is 5. The molecule has 5 heteroatoms. The summed E-state index contributed by atoms with van der Waals surface area (Å²) in [5.74, 6) is 1.12. The van der Waals surface area contributed by atoms with Crippen molar-refractivity contribution in [3.05, 3.63) is 21.9 Å². The van der Waals surface area contributed by atoms with E-state index in [0.717, 1.165) is 12.2 Å². The van der Waals surface area contributed by atoms with E-state index in [1.54, 1.807) is 30.0 Å². The average Bonchev–Trinajstić information content (AvgIpc) is 2.82. The first-order valence-electron chi connectivity index (χ1n) is 7.03. The van der Waals surface area contributed by atoms with Crippen molar-refractivity contribution >= 4 is 29.0 Å². The molecule has 1 aromatic heterocycles. The summed E-state index contributed by atoms with van der Waals surface area (Å²) < 4.78 is 0. The smallest absolute Gasteiger partial charge is 0.237 e. The molecule has 2 heterocycles. The summed E-state index contributed by atoms with van der Waals surface area (Å²) >= 11 is 3.48. The summed E-state index contributed by atoms with van der Waals surface area (Å²) in [5.41, 5.74) is 1.11. The zero-order valence-electron chi connectivity index (χ0n) is 12.3. The van der Waals surface area contributed by atoms with Crippen molar-refractivity contribution in [2.75, 3.05) is 12.3 Å². The Balaban J connectivity index is 1.94. The third-order valence-electron chi connectivity index (χ3n) is 3.50. The number of aliphatic hydroxyl groups excluding tert-OH is 1. The van der Waals surface area contributed by atoms with Gasteiger partial charge in [0.15, 0.2) is 0 Å². The minimum Gasteiger partial charge on any atom is -0.393 e. The van der Waals surface area contributed by atoms with Gasteiger partial charge in [-0.3, -0.25) is 4.79 Å². The van der Waals surface area contributed by atoms with E-state index in [-0.39, 0.29) is 22.7 Å². The molecule has 0 aliphatic carbocycles. The van der Waals surface area contributed by atoms with Crippen LogP contribution in [0.3, 0.4) is 0 Å². The molecule has 20 heavy (non-hydrogen) atoms. The van der Waals surface area contributed by atoms with E-state index in [1.165, 1.54) is 10.4 Å². The molecule has 0 bridgehead atoms. The minimum absolute atomic E-state index is 0.0626. The molecule has 1 amide bonds. The van der Waals surface area contributed by atoms with Crippen LogP contribution in [-0.2, 0) is 11.2 Å². The van der Waals surface area contributed by atoms with Crippen LogP contribution in [0, 0.1) is 5.41 Å². The molecule has 2 unspecified atom stereocenters. The van der Waals surface area contributed by atoms with Gasteiger partial charge in [0.1, 0.15) is 5.25 Å². The normalized spacial score (nSPS) is 20.3. The predicted octanol–water partition coefficient (Wildman–Crippen LogP) is 2.99. The lowest BCUT2D eigenvalue weighted by molar-refractivity contribution is -0.121. The quantitative estimate of drug-likeness (QED) is 0.878. The van der Waals surface area contributed by atoms with Gasteiger partial charge >= 0.3 is 0 Å². The molecule has 3 nitrogen and oxygen atoms in total. The maximum absolute atomic E-state index is 12.4. The number of fused-ring (bicyclic) bond motifs is 1. The Bertz CT molecular complexity index is 468. The molecular formula is C15H23NO2S2. The van der Waals surface area contributed by atoms with Gasteiger partial charge in [-0.1, -0.05) is 13.8 Å². The van der Waals surface area contributed by atoms with Gasteiger partial charge < -0.3 is 10.4 Å². The Morgan fingerprint density at radius 3 is 3.05 bits per heavy atom. The average molecular weight is 313 g/mol. The molecule has 0 saturated carbocycles. The van der Waals surface area contributed by atoms with Crippen molar-refractivity contribution in [1.82, 2.24) is 5.32 Å². The van der Waals surface area contributed by atoms with Gasteiger partial charge in [0, 0.05) is 11.4 Å². The Kier molecular flexibility index (Phi) is 5.15. The van der Waals surface area contributed by atoms with Crippen molar-refractivity contribution in [3.8, 4) is 0 Å². The SMILES string of the molecule is CC(O)CC(C)(C)CNC(=O)C1SCCc2sccc21. The number of carbonyl (C=O) groups is 1. The number of thioether (sulfide) groups is 1. The highest BCUT2D eigenvalue weighted by Gasteiger charge is 2.29. The highest BCUT2D eigenvalue weighted by Crippen LogP contribution is 2.39. The number of aryl methyl sites for hydroxylation is 1. The van der Waals surface area contributed by atoms with Crippen LogP contribution >= 0.6 is 23.1 Å². The van der Waals surface area contributed by atoms with Crippen molar-refractivity contribution in [2.45, 2.75) is 45.0 Å². The van der Waals surface area contributed by atoms with Crippen LogP contribution < -0.4 is 5.32 Å². The Morgan fingerprint density at radius 2 is 2.35 bits per heavy atom. The summed E-state index contributed by atoms with van der Waals surface area (Å²) in [6, 6.07) is 2.08. The fourth-order valence-corrected chi connectivity index (χ4v) is 4.97. The van der Waals surface area contributed by atoms with Crippen LogP contribution in [0.25, 0.3) is 0 Å². The number of thiophene rings is 1. The fourth-order valence-electron chi connectivity index (χ4n) is 2.65. The first-order chi connectivity index (χ1) is 9.39. The van der Waals surface area contributed by atoms with Crippen molar-refractivity contribution in [2.24, 2.45) is 5.41 Å². The maximum Gasteiger partial charge on any atom is 0.237 e. The molecule has 0 saturated heterocycles. The number of amides is 1. The molecule has 2 rings (SSSR count). The number of nitrogens with one attached hydrogen (secondary N) is 1. The maximum atomic E-state index is 12.4. The van der Waals surface area contributed by atoms with Crippen LogP contribution in [0.5, 0.6) is 0 Å². The summed E-state index contributed by atoms with van der Waals surface area (Å²) in [5, 5.41) is 14.6. The molecular weight excluding hydrogens is 290 g/mol. The van der Waals surface area contributed by atoms with E-state index in [9.17, 15) is 9.90 Å². The van der Waals surface area contributed by atoms with Crippen LogP contribution in [0.4, 0.5) is 0 Å². The van der Waals surface area contributed by atoms with Gasteiger partial charge in [0.2, 0.25) is 5.91 Å². The van der Waals surface area contributed by atoms with Crippen molar-refractivity contribution < 1.29 is 9.90 Å². The van der Waals surface area contributed by atoms with Crippen LogP contribution in [0.2, 0.25) is 0 Å². The lowest BCUT2D eigenvalue weighted by atomic mass is 9.87. The van der Waals surface area contributed by atoms with E-state index in [0.29, 0.717) is 13.0 Å². The van der Waals surface area contributed by atoms with E-state index in [2.05, 4.69) is 30.6 Å². The number of hydrogen-bond acceptors (Lipinski definition) is 4. The van der Waals surface area contributed by atoms with E-state index in [1.807, 2.05) is 0 Å². The third-order valence-corrected chi connectivity index (χ3v) is 5.74. The second-order valence-corrected chi connectivity index (χ2v) is 8.45. The van der Waals surface area contributed by atoms with Crippen LogP contribution in [0.1, 0.15) is 42.9 Å². The van der Waals surface area contributed by atoms with Crippen LogP contribution in [0.15, 0.2) is 11.4 Å². The summed E-state index contributed by atoms with van der Waals surface area (Å²) in [6.07, 6.45) is 1.43. The number of hydrogen-bond donors (Lipinski definition) is 2. The molecule has 2 N–H and O–H groups in total.